The van der Waals surface area contributed by atoms with Gasteiger partial charge in [-0.15, -0.1) is 0 Å². The average Bonchev–Trinajstić information content (AvgIpc) is 2.29. The Kier molecular flexibility index (Phi) is 8.25. The van der Waals surface area contributed by atoms with Gasteiger partial charge in [-0.2, -0.15) is 4.20 Å². The predicted molar refractivity (Wildman–Crippen MR) is 71.5 cm³/mol. The van der Waals surface area contributed by atoms with Gasteiger partial charge in [0, 0.05) is 32.7 Å². The van der Waals surface area contributed by atoms with Crippen LogP contribution >= 0.6 is 7.67 Å². The van der Waals surface area contributed by atoms with Crippen LogP contribution in [-0.2, 0) is 0 Å². The van der Waals surface area contributed by atoms with Crippen molar-refractivity contribution in [3.05, 3.63) is 0 Å². The van der Waals surface area contributed by atoms with Crippen molar-refractivity contribution in [1.82, 2.24) is 9.34 Å². The van der Waals surface area contributed by atoms with Crippen LogP contribution in [0.15, 0.2) is 4.74 Å². The molecule has 0 aliphatic rings. The summed E-state index contributed by atoms with van der Waals surface area (Å²) in [5.74, 6) is 0. The zero-order valence-electron chi connectivity index (χ0n) is 11.4. The third-order valence-corrected chi connectivity index (χ3v) is 5.81. The lowest BCUT2D eigenvalue weighted by Gasteiger charge is -2.35. The van der Waals surface area contributed by atoms with E-state index in [0.29, 0.717) is 6.54 Å². The molecular formula is C11H27FN3P. The lowest BCUT2D eigenvalue weighted by molar-refractivity contribution is 0.378. The SMILES string of the molecule is CCCN=P(F)(N(CC)CC)N(CC)CC. The van der Waals surface area contributed by atoms with Gasteiger partial charge >= 0.3 is 0 Å². The molecule has 0 saturated carbocycles. The highest BCUT2D eigenvalue weighted by molar-refractivity contribution is 7.56. The van der Waals surface area contributed by atoms with Gasteiger partial charge in [0.1, 0.15) is 0 Å². The van der Waals surface area contributed by atoms with E-state index >= 15 is 4.20 Å². The second-order valence-electron chi connectivity index (χ2n) is 3.64. The zero-order chi connectivity index (χ0) is 12.6. The van der Waals surface area contributed by atoms with E-state index in [1.165, 1.54) is 0 Å². The number of hydrogen-bond acceptors (Lipinski definition) is 1. The number of rotatable bonds is 8. The molecule has 0 rings (SSSR count). The highest BCUT2D eigenvalue weighted by Gasteiger charge is 2.30. The molecule has 0 atom stereocenters. The summed E-state index contributed by atoms with van der Waals surface area (Å²) in [6.07, 6.45) is 0.911. The Labute approximate surface area is 100 Å². The third-order valence-electron chi connectivity index (χ3n) is 2.68. The molecule has 0 saturated heterocycles. The van der Waals surface area contributed by atoms with Gasteiger partial charge in [-0.1, -0.05) is 34.6 Å². The lowest BCUT2D eigenvalue weighted by atomic mass is 10.5. The zero-order valence-corrected chi connectivity index (χ0v) is 12.3. The van der Waals surface area contributed by atoms with Crippen LogP contribution in [0.3, 0.4) is 0 Å². The van der Waals surface area contributed by atoms with E-state index in [1.54, 1.807) is 0 Å². The van der Waals surface area contributed by atoms with Gasteiger partial charge in [0.25, 0.3) is 7.67 Å². The van der Waals surface area contributed by atoms with E-state index in [0.717, 1.165) is 32.6 Å². The molecule has 16 heavy (non-hydrogen) atoms. The van der Waals surface area contributed by atoms with Gasteiger partial charge < -0.3 is 0 Å². The van der Waals surface area contributed by atoms with Crippen LogP contribution in [0.1, 0.15) is 41.0 Å². The second-order valence-corrected chi connectivity index (χ2v) is 6.04. The summed E-state index contributed by atoms with van der Waals surface area (Å²) >= 11 is 0. The summed E-state index contributed by atoms with van der Waals surface area (Å²) < 4.78 is 23.2. The van der Waals surface area contributed by atoms with Crippen molar-refractivity contribution in [2.24, 2.45) is 4.74 Å². The molecule has 0 aromatic rings. The molecule has 5 heteroatoms. The van der Waals surface area contributed by atoms with Gasteiger partial charge in [-0.25, -0.2) is 14.1 Å². The molecule has 0 unspecified atom stereocenters. The fourth-order valence-corrected chi connectivity index (χ4v) is 4.36. The summed E-state index contributed by atoms with van der Waals surface area (Å²) in [5.41, 5.74) is 0. The van der Waals surface area contributed by atoms with Gasteiger partial charge in [0.05, 0.1) is 0 Å². The minimum absolute atomic E-state index is 0.622. The fraction of sp³-hybridized carbons (Fsp3) is 1.00. The molecule has 0 amide bonds. The molecule has 0 N–H and O–H groups in total. The summed E-state index contributed by atoms with van der Waals surface area (Å²) in [5, 5.41) is 0. The van der Waals surface area contributed by atoms with E-state index in [2.05, 4.69) is 4.74 Å². The Morgan fingerprint density at radius 3 is 1.50 bits per heavy atom. The molecule has 0 bridgehead atoms. The van der Waals surface area contributed by atoms with Crippen molar-refractivity contribution in [1.29, 1.82) is 0 Å². The van der Waals surface area contributed by atoms with Gasteiger partial charge in [0.15, 0.2) is 0 Å². The molecule has 0 heterocycles. The van der Waals surface area contributed by atoms with Crippen molar-refractivity contribution < 1.29 is 4.20 Å². The van der Waals surface area contributed by atoms with Gasteiger partial charge in [-0.3, -0.25) is 0 Å². The first-order valence-corrected chi connectivity index (χ1v) is 7.92. The van der Waals surface area contributed by atoms with Crippen LogP contribution in [-0.4, -0.2) is 42.1 Å². The second kappa shape index (κ2) is 8.21. The van der Waals surface area contributed by atoms with Crippen molar-refractivity contribution in [2.75, 3.05) is 32.7 Å². The van der Waals surface area contributed by atoms with E-state index < -0.39 is 7.67 Å². The number of halogens is 1. The maximum absolute atomic E-state index is 15.1. The maximum Gasteiger partial charge on any atom is 0.268 e. The number of hydrogen-bond donors (Lipinski definition) is 0. The molecule has 98 valence electrons. The van der Waals surface area contributed by atoms with Crippen LogP contribution in [0.4, 0.5) is 4.20 Å². The Balaban J connectivity index is 5.14. The standard InChI is InChI=1S/C11H27FN3P/c1-6-11-13-16(12,14(7-2)8-3)15(9-4)10-5/h6-11H2,1-5H3. The quantitative estimate of drug-likeness (QED) is 0.607. The van der Waals surface area contributed by atoms with E-state index in [1.807, 2.05) is 44.0 Å². The first kappa shape index (κ1) is 16.1. The molecule has 0 aliphatic carbocycles. The Bertz CT molecular complexity index is 209. The minimum Gasteiger partial charge on any atom is -0.247 e. The molecule has 0 radical (unpaired) electrons. The molecule has 0 aliphatic heterocycles. The van der Waals surface area contributed by atoms with Crippen LogP contribution in [0.2, 0.25) is 0 Å². The lowest BCUT2D eigenvalue weighted by Crippen LogP contribution is -2.30. The Morgan fingerprint density at radius 2 is 1.25 bits per heavy atom. The molecule has 0 aromatic heterocycles. The summed E-state index contributed by atoms with van der Waals surface area (Å²) in [6, 6.07) is 0. The van der Waals surface area contributed by atoms with E-state index in [-0.39, 0.29) is 0 Å². The summed E-state index contributed by atoms with van der Waals surface area (Å²) in [6.45, 7) is 13.6. The topological polar surface area (TPSA) is 18.8 Å². The van der Waals surface area contributed by atoms with E-state index in [9.17, 15) is 0 Å². The van der Waals surface area contributed by atoms with Crippen LogP contribution in [0.25, 0.3) is 0 Å². The van der Waals surface area contributed by atoms with Gasteiger partial charge in [0.2, 0.25) is 0 Å². The first-order chi connectivity index (χ1) is 7.60. The predicted octanol–water partition coefficient (Wildman–Crippen LogP) is 4.00. The number of nitrogens with zero attached hydrogens (tertiary/aromatic N) is 3. The third kappa shape index (κ3) is 3.83. The van der Waals surface area contributed by atoms with Crippen molar-refractivity contribution in [2.45, 2.75) is 41.0 Å². The highest BCUT2D eigenvalue weighted by atomic mass is 31.2. The molecular weight excluding hydrogens is 224 g/mol. The van der Waals surface area contributed by atoms with Crippen molar-refractivity contribution >= 4 is 7.67 Å². The normalized spacial score (nSPS) is 12.5. The van der Waals surface area contributed by atoms with Crippen molar-refractivity contribution in [3.8, 4) is 0 Å². The van der Waals surface area contributed by atoms with Crippen LogP contribution in [0, 0.1) is 0 Å². The smallest absolute Gasteiger partial charge is 0.247 e. The van der Waals surface area contributed by atoms with Crippen LogP contribution in [0.5, 0.6) is 0 Å². The molecule has 3 nitrogen and oxygen atoms in total. The maximum atomic E-state index is 15.1. The average molecular weight is 251 g/mol. The molecule has 0 aromatic carbocycles. The van der Waals surface area contributed by atoms with Crippen molar-refractivity contribution in [3.63, 3.8) is 0 Å². The first-order valence-electron chi connectivity index (χ1n) is 6.39. The largest absolute Gasteiger partial charge is 0.268 e. The summed E-state index contributed by atoms with van der Waals surface area (Å²) in [7, 11) is -2.91. The highest BCUT2D eigenvalue weighted by Crippen LogP contribution is 2.57. The summed E-state index contributed by atoms with van der Waals surface area (Å²) in [4.78, 5) is 0. The van der Waals surface area contributed by atoms with Crippen LogP contribution < -0.4 is 0 Å². The minimum atomic E-state index is -2.91. The fourth-order valence-electron chi connectivity index (χ4n) is 1.75. The molecule has 0 spiro atoms. The Morgan fingerprint density at radius 1 is 0.875 bits per heavy atom. The monoisotopic (exact) mass is 251 g/mol. The van der Waals surface area contributed by atoms with Gasteiger partial charge in [-0.05, 0) is 6.42 Å². The molecule has 0 fully saturated rings. The Hall–Kier alpha value is 0.0800. The van der Waals surface area contributed by atoms with E-state index in [4.69, 9.17) is 0 Å².